The van der Waals surface area contributed by atoms with Gasteiger partial charge >= 0.3 is 6.18 Å². The molecule has 0 saturated heterocycles. The van der Waals surface area contributed by atoms with E-state index in [1.165, 1.54) is 6.20 Å². The van der Waals surface area contributed by atoms with Gasteiger partial charge < -0.3 is 10.2 Å². The van der Waals surface area contributed by atoms with E-state index in [0.717, 1.165) is 4.68 Å². The summed E-state index contributed by atoms with van der Waals surface area (Å²) in [7, 11) is 5.23. The number of rotatable bonds is 5. The van der Waals surface area contributed by atoms with Crippen LogP contribution in [0, 0.1) is 0 Å². The molecule has 1 N–H and O–H groups in total. The highest BCUT2D eigenvalue weighted by molar-refractivity contribution is 5.20. The quantitative estimate of drug-likeness (QED) is 0.852. The van der Waals surface area contributed by atoms with E-state index in [9.17, 15) is 13.2 Å². The van der Waals surface area contributed by atoms with Crippen LogP contribution < -0.4 is 5.32 Å². The van der Waals surface area contributed by atoms with Crippen LogP contribution in [0.4, 0.5) is 13.2 Å². The van der Waals surface area contributed by atoms with Gasteiger partial charge in [-0.25, -0.2) is 0 Å². The molecule has 4 nitrogen and oxygen atoms in total. The number of nitrogens with one attached hydrogen (secondary N) is 1. The Morgan fingerprint density at radius 3 is 2.53 bits per heavy atom. The standard InChI is InChI=1S/C10H17F3N4/c1-14-6-8-7-15-17(5-4-16(2)3)9(8)10(11,12)13/h7,14H,4-6H2,1-3H3. The first-order chi connectivity index (χ1) is 7.86. The molecular weight excluding hydrogens is 233 g/mol. The molecule has 1 rings (SSSR count). The van der Waals surface area contributed by atoms with E-state index >= 15 is 0 Å². The number of hydrogen-bond acceptors (Lipinski definition) is 3. The molecule has 0 unspecified atom stereocenters. The SMILES string of the molecule is CNCc1cnn(CCN(C)C)c1C(F)(F)F. The Balaban J connectivity index is 2.97. The first-order valence-corrected chi connectivity index (χ1v) is 5.27. The van der Waals surface area contributed by atoms with Crippen LogP contribution in [0.1, 0.15) is 11.3 Å². The lowest BCUT2D eigenvalue weighted by molar-refractivity contribution is -0.144. The summed E-state index contributed by atoms with van der Waals surface area (Å²) in [5, 5.41) is 6.51. The van der Waals surface area contributed by atoms with Gasteiger partial charge in [-0.15, -0.1) is 0 Å². The summed E-state index contributed by atoms with van der Waals surface area (Å²) >= 11 is 0. The molecule has 0 aliphatic carbocycles. The zero-order valence-corrected chi connectivity index (χ0v) is 10.2. The first-order valence-electron chi connectivity index (χ1n) is 5.27. The maximum absolute atomic E-state index is 12.9. The zero-order valence-electron chi connectivity index (χ0n) is 10.2. The van der Waals surface area contributed by atoms with Crippen LogP contribution in [0.5, 0.6) is 0 Å². The molecule has 0 radical (unpaired) electrons. The van der Waals surface area contributed by atoms with Gasteiger partial charge in [-0.1, -0.05) is 0 Å². The topological polar surface area (TPSA) is 33.1 Å². The minimum Gasteiger partial charge on any atom is -0.316 e. The minimum atomic E-state index is -4.37. The number of likely N-dealkylation sites (N-methyl/N-ethyl adjacent to an activating group) is 1. The Labute approximate surface area is 98.4 Å². The molecule has 0 spiro atoms. The summed E-state index contributed by atoms with van der Waals surface area (Å²) < 4.78 is 39.7. The summed E-state index contributed by atoms with van der Waals surface area (Å²) in [4.78, 5) is 1.82. The van der Waals surface area contributed by atoms with Crippen LogP contribution in [0.25, 0.3) is 0 Å². The highest BCUT2D eigenvalue weighted by Crippen LogP contribution is 2.31. The molecule has 0 fully saturated rings. The molecule has 0 aromatic carbocycles. The lowest BCUT2D eigenvalue weighted by Gasteiger charge is -2.14. The summed E-state index contributed by atoms with van der Waals surface area (Å²) in [5.41, 5.74) is -0.479. The van der Waals surface area contributed by atoms with Crippen LogP contribution in [-0.4, -0.2) is 42.4 Å². The molecule has 0 bridgehead atoms. The summed E-state index contributed by atoms with van der Waals surface area (Å²) in [5.74, 6) is 0. The van der Waals surface area contributed by atoms with Gasteiger partial charge in [0.1, 0.15) is 5.69 Å². The Kier molecular flexibility index (Phi) is 4.53. The third-order valence-corrected chi connectivity index (χ3v) is 2.31. The summed E-state index contributed by atoms with van der Waals surface area (Å²) in [6, 6.07) is 0. The molecule has 0 saturated carbocycles. The van der Waals surface area contributed by atoms with Gasteiger partial charge in [-0.3, -0.25) is 4.68 Å². The predicted octanol–water partition coefficient (Wildman–Crippen LogP) is 1.18. The van der Waals surface area contributed by atoms with Crippen LogP contribution in [0.15, 0.2) is 6.20 Å². The third kappa shape index (κ3) is 3.71. The summed E-state index contributed by atoms with van der Waals surface area (Å²) in [6.45, 7) is 0.909. The molecule has 98 valence electrons. The highest BCUT2D eigenvalue weighted by atomic mass is 19.4. The lowest BCUT2D eigenvalue weighted by atomic mass is 10.2. The van der Waals surface area contributed by atoms with E-state index in [4.69, 9.17) is 0 Å². The van der Waals surface area contributed by atoms with Crippen molar-refractivity contribution in [2.45, 2.75) is 19.3 Å². The van der Waals surface area contributed by atoms with Crippen LogP contribution in [0.2, 0.25) is 0 Å². The molecular formula is C10H17F3N4. The van der Waals surface area contributed by atoms with E-state index in [1.54, 1.807) is 7.05 Å². The lowest BCUT2D eigenvalue weighted by Crippen LogP contribution is -2.24. The molecule has 7 heteroatoms. The van der Waals surface area contributed by atoms with E-state index in [1.807, 2.05) is 19.0 Å². The van der Waals surface area contributed by atoms with Crippen LogP contribution in [-0.2, 0) is 19.3 Å². The van der Waals surface area contributed by atoms with Crippen molar-refractivity contribution in [1.29, 1.82) is 0 Å². The van der Waals surface area contributed by atoms with Crippen molar-refractivity contribution in [3.63, 3.8) is 0 Å². The number of halogens is 3. The van der Waals surface area contributed by atoms with Gasteiger partial charge in [-0.05, 0) is 21.1 Å². The first kappa shape index (κ1) is 14.0. The number of hydrogen-bond donors (Lipinski definition) is 1. The van der Waals surface area contributed by atoms with Gasteiger partial charge in [0, 0.05) is 18.7 Å². The Hall–Kier alpha value is -1.08. The van der Waals surface area contributed by atoms with Gasteiger partial charge in [-0.2, -0.15) is 18.3 Å². The Bertz CT molecular complexity index is 357. The normalized spacial score (nSPS) is 12.4. The number of alkyl halides is 3. The predicted molar refractivity (Wildman–Crippen MR) is 58.5 cm³/mol. The smallest absolute Gasteiger partial charge is 0.316 e. The van der Waals surface area contributed by atoms with Crippen molar-refractivity contribution >= 4 is 0 Å². The van der Waals surface area contributed by atoms with E-state index in [0.29, 0.717) is 6.54 Å². The molecule has 1 aromatic rings. The minimum absolute atomic E-state index is 0.163. The fourth-order valence-corrected chi connectivity index (χ4v) is 1.54. The molecule has 1 aromatic heterocycles. The van der Waals surface area contributed by atoms with Gasteiger partial charge in [0.15, 0.2) is 0 Å². The fraction of sp³-hybridized carbons (Fsp3) is 0.700. The average Bonchev–Trinajstić information content (AvgIpc) is 2.58. The molecule has 17 heavy (non-hydrogen) atoms. The average molecular weight is 250 g/mol. The molecule has 0 aliphatic heterocycles. The fourth-order valence-electron chi connectivity index (χ4n) is 1.54. The molecule has 1 heterocycles. The zero-order chi connectivity index (χ0) is 13.1. The highest BCUT2D eigenvalue weighted by Gasteiger charge is 2.37. The molecule has 0 amide bonds. The van der Waals surface area contributed by atoms with Crippen molar-refractivity contribution in [1.82, 2.24) is 20.0 Å². The van der Waals surface area contributed by atoms with E-state index in [-0.39, 0.29) is 18.7 Å². The van der Waals surface area contributed by atoms with Gasteiger partial charge in [0.05, 0.1) is 12.7 Å². The third-order valence-electron chi connectivity index (χ3n) is 2.31. The monoisotopic (exact) mass is 250 g/mol. The van der Waals surface area contributed by atoms with Gasteiger partial charge in [0.2, 0.25) is 0 Å². The van der Waals surface area contributed by atoms with Crippen molar-refractivity contribution in [3.8, 4) is 0 Å². The number of aromatic nitrogens is 2. The summed E-state index contributed by atoms with van der Waals surface area (Å²) in [6.07, 6.45) is -3.09. The van der Waals surface area contributed by atoms with E-state index in [2.05, 4.69) is 10.4 Å². The van der Waals surface area contributed by atoms with Crippen molar-refractivity contribution in [3.05, 3.63) is 17.5 Å². The molecule has 0 aliphatic rings. The number of nitrogens with zero attached hydrogens (tertiary/aromatic N) is 3. The maximum atomic E-state index is 12.9. The Morgan fingerprint density at radius 2 is 2.06 bits per heavy atom. The largest absolute Gasteiger partial charge is 0.433 e. The van der Waals surface area contributed by atoms with Crippen LogP contribution in [0.3, 0.4) is 0 Å². The second-order valence-corrected chi connectivity index (χ2v) is 4.07. The van der Waals surface area contributed by atoms with Crippen molar-refractivity contribution in [2.75, 3.05) is 27.7 Å². The Morgan fingerprint density at radius 1 is 1.41 bits per heavy atom. The van der Waals surface area contributed by atoms with Gasteiger partial charge in [0.25, 0.3) is 0 Å². The van der Waals surface area contributed by atoms with Crippen molar-refractivity contribution in [2.24, 2.45) is 0 Å². The maximum Gasteiger partial charge on any atom is 0.433 e. The molecule has 0 atom stereocenters. The van der Waals surface area contributed by atoms with Crippen molar-refractivity contribution < 1.29 is 13.2 Å². The van der Waals surface area contributed by atoms with Crippen LogP contribution >= 0.6 is 0 Å². The second-order valence-electron chi connectivity index (χ2n) is 4.07. The van der Waals surface area contributed by atoms with E-state index < -0.39 is 11.9 Å². The second kappa shape index (κ2) is 5.50.